The molecule has 0 saturated carbocycles. The fourth-order valence-corrected chi connectivity index (χ4v) is 3.09. The molecule has 1 unspecified atom stereocenters. The van der Waals surface area contributed by atoms with E-state index in [9.17, 15) is 4.79 Å². The van der Waals surface area contributed by atoms with E-state index < -0.39 is 0 Å². The maximum atomic E-state index is 12.3. The molecule has 1 heterocycles. The first-order valence-electron chi connectivity index (χ1n) is 7.45. The number of amides is 1. The van der Waals surface area contributed by atoms with Gasteiger partial charge in [-0.2, -0.15) is 0 Å². The van der Waals surface area contributed by atoms with E-state index in [1.54, 1.807) is 4.90 Å². The zero-order valence-corrected chi connectivity index (χ0v) is 14.4. The monoisotopic (exact) mass is 353 g/mol. The standard InChI is InChI=1S/C16H24BrN3O/c1-19(11-14-7-5-9-18-14)12-16(21)20(2)10-13-6-3-4-8-15(13)17/h3-4,6,8,14,18H,5,7,9-12H2,1-2H3. The first-order valence-corrected chi connectivity index (χ1v) is 8.25. The van der Waals surface area contributed by atoms with Crippen molar-refractivity contribution in [1.82, 2.24) is 15.1 Å². The van der Waals surface area contributed by atoms with Gasteiger partial charge in [-0.05, 0) is 38.1 Å². The molecular formula is C16H24BrN3O. The topological polar surface area (TPSA) is 35.6 Å². The van der Waals surface area contributed by atoms with Gasteiger partial charge in [0.1, 0.15) is 0 Å². The second-order valence-corrected chi connectivity index (χ2v) is 6.69. The third kappa shape index (κ3) is 5.09. The van der Waals surface area contributed by atoms with Gasteiger partial charge in [0.25, 0.3) is 0 Å². The molecule has 1 aliphatic heterocycles. The molecule has 1 aliphatic rings. The highest BCUT2D eigenvalue weighted by molar-refractivity contribution is 9.10. The Morgan fingerprint density at radius 2 is 2.14 bits per heavy atom. The molecule has 0 aliphatic carbocycles. The summed E-state index contributed by atoms with van der Waals surface area (Å²) in [6.45, 7) is 3.15. The molecule has 4 nitrogen and oxygen atoms in total. The number of hydrogen-bond donors (Lipinski definition) is 1. The Bertz CT molecular complexity index is 474. The smallest absolute Gasteiger partial charge is 0.236 e. The molecule has 1 aromatic rings. The van der Waals surface area contributed by atoms with Crippen LogP contribution < -0.4 is 5.32 Å². The van der Waals surface area contributed by atoms with Crippen LogP contribution in [0.25, 0.3) is 0 Å². The van der Waals surface area contributed by atoms with Crippen molar-refractivity contribution in [2.24, 2.45) is 0 Å². The van der Waals surface area contributed by atoms with Gasteiger partial charge in [-0.3, -0.25) is 9.69 Å². The van der Waals surface area contributed by atoms with E-state index in [1.807, 2.05) is 38.4 Å². The summed E-state index contributed by atoms with van der Waals surface area (Å²) in [5.74, 6) is 0.159. The predicted octanol–water partition coefficient (Wildman–Crippen LogP) is 2.09. The lowest BCUT2D eigenvalue weighted by atomic mass is 10.2. The van der Waals surface area contributed by atoms with Gasteiger partial charge < -0.3 is 10.2 Å². The number of halogens is 1. The highest BCUT2D eigenvalue weighted by Crippen LogP contribution is 2.17. The number of rotatable bonds is 6. The zero-order chi connectivity index (χ0) is 15.2. The first-order chi connectivity index (χ1) is 10.1. The molecule has 21 heavy (non-hydrogen) atoms. The van der Waals surface area contributed by atoms with Crippen molar-refractivity contribution in [3.63, 3.8) is 0 Å². The van der Waals surface area contributed by atoms with Crippen LogP contribution in [0.5, 0.6) is 0 Å². The second-order valence-electron chi connectivity index (χ2n) is 5.83. The maximum absolute atomic E-state index is 12.3. The van der Waals surface area contributed by atoms with Crippen LogP contribution >= 0.6 is 15.9 Å². The minimum absolute atomic E-state index is 0.159. The Labute approximate surface area is 135 Å². The normalized spacial score (nSPS) is 18.2. The number of nitrogens with zero attached hydrogens (tertiary/aromatic N) is 2. The van der Waals surface area contributed by atoms with Gasteiger partial charge in [0.05, 0.1) is 6.54 Å². The molecule has 1 amide bonds. The molecule has 1 fully saturated rings. The van der Waals surface area contributed by atoms with Crippen LogP contribution in [-0.4, -0.2) is 55.5 Å². The Morgan fingerprint density at radius 3 is 2.81 bits per heavy atom. The maximum Gasteiger partial charge on any atom is 0.236 e. The van der Waals surface area contributed by atoms with E-state index >= 15 is 0 Å². The van der Waals surface area contributed by atoms with Crippen LogP contribution in [0.3, 0.4) is 0 Å². The van der Waals surface area contributed by atoms with Gasteiger partial charge in [-0.15, -0.1) is 0 Å². The molecule has 1 saturated heterocycles. The van der Waals surface area contributed by atoms with Crippen molar-refractivity contribution in [2.45, 2.75) is 25.4 Å². The molecule has 1 aromatic carbocycles. The van der Waals surface area contributed by atoms with E-state index in [2.05, 4.69) is 26.1 Å². The Hall–Kier alpha value is -0.910. The molecule has 5 heteroatoms. The quantitative estimate of drug-likeness (QED) is 0.850. The predicted molar refractivity (Wildman–Crippen MR) is 89.1 cm³/mol. The Morgan fingerprint density at radius 1 is 1.38 bits per heavy atom. The van der Waals surface area contributed by atoms with Gasteiger partial charge >= 0.3 is 0 Å². The lowest BCUT2D eigenvalue weighted by Crippen LogP contribution is -2.41. The minimum Gasteiger partial charge on any atom is -0.340 e. The zero-order valence-electron chi connectivity index (χ0n) is 12.8. The summed E-state index contributed by atoms with van der Waals surface area (Å²) in [6, 6.07) is 8.57. The highest BCUT2D eigenvalue weighted by Gasteiger charge is 2.18. The van der Waals surface area contributed by atoms with Crippen LogP contribution in [-0.2, 0) is 11.3 Å². The second kappa shape index (κ2) is 7.92. The average Bonchev–Trinajstić information content (AvgIpc) is 2.93. The van der Waals surface area contributed by atoms with Crippen LogP contribution in [0.1, 0.15) is 18.4 Å². The summed E-state index contributed by atoms with van der Waals surface area (Å²) in [6.07, 6.45) is 2.46. The summed E-state index contributed by atoms with van der Waals surface area (Å²) >= 11 is 3.53. The van der Waals surface area contributed by atoms with Crippen LogP contribution in [0.2, 0.25) is 0 Å². The Kier molecular flexibility index (Phi) is 6.21. The third-order valence-electron chi connectivity index (χ3n) is 3.89. The lowest BCUT2D eigenvalue weighted by Gasteiger charge is -2.24. The van der Waals surface area contributed by atoms with Gasteiger partial charge in [-0.1, -0.05) is 34.1 Å². The summed E-state index contributed by atoms with van der Waals surface area (Å²) in [7, 11) is 3.88. The van der Waals surface area contributed by atoms with Gasteiger partial charge in [0.15, 0.2) is 0 Å². The Balaban J connectivity index is 1.80. The summed E-state index contributed by atoms with van der Waals surface area (Å²) in [5.41, 5.74) is 1.13. The van der Waals surface area contributed by atoms with Crippen molar-refractivity contribution < 1.29 is 4.79 Å². The van der Waals surface area contributed by atoms with Crippen molar-refractivity contribution >= 4 is 21.8 Å². The van der Waals surface area contributed by atoms with Gasteiger partial charge in [-0.25, -0.2) is 0 Å². The fourth-order valence-electron chi connectivity index (χ4n) is 2.68. The minimum atomic E-state index is 0.159. The van der Waals surface area contributed by atoms with E-state index in [4.69, 9.17) is 0 Å². The number of likely N-dealkylation sites (N-methyl/N-ethyl adjacent to an activating group) is 2. The van der Waals surface area contributed by atoms with E-state index in [-0.39, 0.29) is 5.91 Å². The molecule has 1 N–H and O–H groups in total. The third-order valence-corrected chi connectivity index (χ3v) is 4.66. The van der Waals surface area contributed by atoms with Crippen LogP contribution in [0.15, 0.2) is 28.7 Å². The van der Waals surface area contributed by atoms with Crippen molar-refractivity contribution in [3.05, 3.63) is 34.3 Å². The summed E-state index contributed by atoms with van der Waals surface area (Å²) in [4.78, 5) is 16.2. The lowest BCUT2D eigenvalue weighted by molar-refractivity contribution is -0.131. The molecular weight excluding hydrogens is 330 g/mol. The number of benzene rings is 1. The average molecular weight is 354 g/mol. The summed E-state index contributed by atoms with van der Waals surface area (Å²) < 4.78 is 1.05. The molecule has 1 atom stereocenters. The summed E-state index contributed by atoms with van der Waals surface area (Å²) in [5, 5.41) is 3.46. The van der Waals surface area contributed by atoms with Crippen LogP contribution in [0.4, 0.5) is 0 Å². The first kappa shape index (κ1) is 16.5. The number of carbonyl (C=O) groups excluding carboxylic acids is 1. The molecule has 0 bridgehead atoms. The number of carbonyl (C=O) groups is 1. The van der Waals surface area contributed by atoms with Crippen molar-refractivity contribution in [3.8, 4) is 0 Å². The van der Waals surface area contributed by atoms with Gasteiger partial charge in [0.2, 0.25) is 5.91 Å². The molecule has 0 spiro atoms. The van der Waals surface area contributed by atoms with Crippen molar-refractivity contribution in [1.29, 1.82) is 0 Å². The van der Waals surface area contributed by atoms with E-state index in [0.717, 1.165) is 23.1 Å². The number of hydrogen-bond acceptors (Lipinski definition) is 3. The number of nitrogens with one attached hydrogen (secondary N) is 1. The molecule has 2 rings (SSSR count). The molecule has 0 radical (unpaired) electrons. The molecule has 116 valence electrons. The molecule has 0 aromatic heterocycles. The van der Waals surface area contributed by atoms with E-state index in [0.29, 0.717) is 19.1 Å². The van der Waals surface area contributed by atoms with Crippen molar-refractivity contribution in [2.75, 3.05) is 33.7 Å². The van der Waals surface area contributed by atoms with Gasteiger partial charge in [0, 0.05) is 30.7 Å². The fraction of sp³-hybridized carbons (Fsp3) is 0.562. The SMILES string of the molecule is CN(CC(=O)N(C)Cc1ccccc1Br)CC1CCCN1. The largest absolute Gasteiger partial charge is 0.340 e. The van der Waals surface area contributed by atoms with Crippen LogP contribution in [0, 0.1) is 0 Å². The van der Waals surface area contributed by atoms with E-state index in [1.165, 1.54) is 12.8 Å². The highest BCUT2D eigenvalue weighted by atomic mass is 79.9.